The van der Waals surface area contributed by atoms with Gasteiger partial charge in [-0.05, 0) is 47.6 Å². The summed E-state index contributed by atoms with van der Waals surface area (Å²) in [7, 11) is -2.00. The number of hydrogen-bond acceptors (Lipinski definition) is 2. The van der Waals surface area contributed by atoms with Crippen molar-refractivity contribution in [2.45, 2.75) is 78.4 Å². The van der Waals surface area contributed by atoms with Gasteiger partial charge < -0.3 is 0 Å². The lowest BCUT2D eigenvalue weighted by Crippen LogP contribution is -2.64. The summed E-state index contributed by atoms with van der Waals surface area (Å²) >= 11 is 7.24. The number of halogens is 1. The molecule has 4 heteroatoms. The molecule has 0 saturated carbocycles. The van der Waals surface area contributed by atoms with Crippen LogP contribution in [0.1, 0.15) is 61.3 Å². The van der Waals surface area contributed by atoms with Crippen LogP contribution >= 0.6 is 11.1 Å². The highest BCUT2D eigenvalue weighted by Gasteiger charge is 2.55. The summed E-state index contributed by atoms with van der Waals surface area (Å²) in [5, 5.41) is 0. The summed E-state index contributed by atoms with van der Waals surface area (Å²) < 4.78 is 5.23. The summed E-state index contributed by atoms with van der Waals surface area (Å²) in [5.74, 6) is 0. The van der Waals surface area contributed by atoms with Gasteiger partial charge in [-0.1, -0.05) is 19.8 Å². The molecule has 0 amide bonds. The van der Waals surface area contributed by atoms with E-state index in [4.69, 9.17) is 11.1 Å². The fraction of sp³-hybridized carbons (Fsp3) is 1.00. The third-order valence-corrected chi connectivity index (χ3v) is 10.1. The molecule has 0 unspecified atom stereocenters. The first kappa shape index (κ1) is 16.5. The molecule has 1 aliphatic rings. The molecule has 1 heterocycles. The Kier molecular flexibility index (Phi) is 4.97. The molecule has 1 saturated heterocycles. The van der Waals surface area contributed by atoms with Gasteiger partial charge in [-0.15, -0.1) is 11.1 Å². The molecule has 2 nitrogen and oxygen atoms in total. The smallest absolute Gasteiger partial charge is 0.294 e. The van der Waals surface area contributed by atoms with Crippen molar-refractivity contribution in [3.63, 3.8) is 0 Å². The molecule has 108 valence electrons. The summed E-state index contributed by atoms with van der Waals surface area (Å²) in [6.45, 7) is 18.3. The minimum absolute atomic E-state index is 0.182. The first-order valence-electron chi connectivity index (χ1n) is 7.28. The van der Waals surface area contributed by atoms with Crippen LogP contribution in [-0.2, 0) is 0 Å². The Bertz CT molecular complexity index is 258. The molecule has 1 fully saturated rings. The zero-order chi connectivity index (χ0) is 14.2. The second kappa shape index (κ2) is 5.43. The quantitative estimate of drug-likeness (QED) is 0.568. The van der Waals surface area contributed by atoms with Crippen LogP contribution in [0.25, 0.3) is 0 Å². The fourth-order valence-electron chi connectivity index (χ4n) is 3.06. The Labute approximate surface area is 120 Å². The van der Waals surface area contributed by atoms with Crippen molar-refractivity contribution in [3.8, 4) is 0 Å². The van der Waals surface area contributed by atoms with Crippen LogP contribution in [0.2, 0.25) is 6.04 Å². The molecule has 0 N–H and O–H groups in total. The maximum atomic E-state index is 7.24. The number of hydrogen-bond donors (Lipinski definition) is 0. The maximum Gasteiger partial charge on any atom is 0.308 e. The van der Waals surface area contributed by atoms with Crippen molar-refractivity contribution in [2.75, 3.05) is 13.1 Å². The van der Waals surface area contributed by atoms with Crippen LogP contribution in [0.3, 0.4) is 0 Å². The standard InChI is InChI=1S/C14H31ClN2Si/c1-8-9-12-18(15)16(13(2,3)4)10-11-17(18)14(5,6)7/h8-12H2,1-7H3. The van der Waals surface area contributed by atoms with E-state index in [2.05, 4.69) is 57.6 Å². The fourth-order valence-corrected chi connectivity index (χ4v) is 10.1. The summed E-state index contributed by atoms with van der Waals surface area (Å²) in [5.41, 5.74) is 0.365. The zero-order valence-electron chi connectivity index (χ0n) is 13.3. The average Bonchev–Trinajstić information content (AvgIpc) is 2.52. The van der Waals surface area contributed by atoms with E-state index in [1.807, 2.05) is 0 Å². The molecule has 0 aromatic heterocycles. The lowest BCUT2D eigenvalue weighted by Gasteiger charge is -2.47. The van der Waals surface area contributed by atoms with E-state index in [1.165, 1.54) is 18.9 Å². The molecule has 0 aromatic rings. The van der Waals surface area contributed by atoms with E-state index in [0.29, 0.717) is 0 Å². The molecule has 0 radical (unpaired) electrons. The maximum absolute atomic E-state index is 7.24. The summed E-state index contributed by atoms with van der Waals surface area (Å²) in [6.07, 6.45) is 2.48. The van der Waals surface area contributed by atoms with Gasteiger partial charge in [-0.3, -0.25) is 9.13 Å². The van der Waals surface area contributed by atoms with Crippen molar-refractivity contribution in [2.24, 2.45) is 0 Å². The molecule has 1 rings (SSSR count). The van der Waals surface area contributed by atoms with Gasteiger partial charge in [0.15, 0.2) is 0 Å². The van der Waals surface area contributed by atoms with E-state index in [-0.39, 0.29) is 11.1 Å². The largest absolute Gasteiger partial charge is 0.308 e. The predicted octanol–water partition coefficient (Wildman–Crippen LogP) is 4.18. The second-order valence-electron chi connectivity index (χ2n) is 7.47. The van der Waals surface area contributed by atoms with Crippen LogP contribution < -0.4 is 0 Å². The Morgan fingerprint density at radius 3 is 1.61 bits per heavy atom. The molecule has 0 spiro atoms. The Morgan fingerprint density at radius 2 is 1.33 bits per heavy atom. The van der Waals surface area contributed by atoms with Crippen LogP contribution in [0.4, 0.5) is 0 Å². The van der Waals surface area contributed by atoms with Crippen molar-refractivity contribution in [3.05, 3.63) is 0 Å². The van der Waals surface area contributed by atoms with E-state index < -0.39 is 7.71 Å². The van der Waals surface area contributed by atoms with E-state index >= 15 is 0 Å². The lowest BCUT2D eigenvalue weighted by molar-refractivity contribution is 0.258. The van der Waals surface area contributed by atoms with Crippen molar-refractivity contribution < 1.29 is 0 Å². The molecule has 0 atom stereocenters. The van der Waals surface area contributed by atoms with Gasteiger partial charge in [0.2, 0.25) is 0 Å². The molecule has 1 aliphatic heterocycles. The van der Waals surface area contributed by atoms with E-state index in [1.54, 1.807) is 0 Å². The summed E-state index contributed by atoms with van der Waals surface area (Å²) in [4.78, 5) is 0. The average molecular weight is 291 g/mol. The van der Waals surface area contributed by atoms with Gasteiger partial charge in [-0.25, -0.2) is 0 Å². The highest BCUT2D eigenvalue weighted by Crippen LogP contribution is 2.40. The summed E-state index contributed by atoms with van der Waals surface area (Å²) in [6, 6.07) is 1.18. The second-order valence-corrected chi connectivity index (χ2v) is 12.3. The predicted molar refractivity (Wildman–Crippen MR) is 84.2 cm³/mol. The first-order valence-corrected chi connectivity index (χ1v) is 10.4. The Morgan fingerprint density at radius 1 is 0.944 bits per heavy atom. The Hall–Kier alpha value is 0.427. The Balaban J connectivity index is 3.03. The molecular weight excluding hydrogens is 260 g/mol. The molecule has 18 heavy (non-hydrogen) atoms. The monoisotopic (exact) mass is 290 g/mol. The van der Waals surface area contributed by atoms with E-state index in [9.17, 15) is 0 Å². The minimum Gasteiger partial charge on any atom is -0.294 e. The molecule has 0 aliphatic carbocycles. The highest BCUT2D eigenvalue weighted by atomic mass is 35.6. The number of rotatable bonds is 3. The minimum atomic E-state index is -2.00. The molecule has 0 aromatic carbocycles. The van der Waals surface area contributed by atoms with Gasteiger partial charge >= 0.3 is 7.71 Å². The third kappa shape index (κ3) is 3.30. The normalized spacial score (nSPS) is 22.7. The van der Waals surface area contributed by atoms with Crippen LogP contribution in [-0.4, -0.2) is 41.0 Å². The van der Waals surface area contributed by atoms with Gasteiger partial charge in [0.05, 0.1) is 0 Å². The van der Waals surface area contributed by atoms with Gasteiger partial charge in [0.25, 0.3) is 0 Å². The highest BCUT2D eigenvalue weighted by molar-refractivity contribution is 7.17. The first-order chi connectivity index (χ1) is 8.03. The molecular formula is C14H31ClN2Si. The van der Waals surface area contributed by atoms with Crippen molar-refractivity contribution in [1.29, 1.82) is 0 Å². The van der Waals surface area contributed by atoms with Gasteiger partial charge in [-0.2, -0.15) is 0 Å². The van der Waals surface area contributed by atoms with Gasteiger partial charge in [0.1, 0.15) is 0 Å². The van der Waals surface area contributed by atoms with Gasteiger partial charge in [0, 0.05) is 24.2 Å². The zero-order valence-corrected chi connectivity index (χ0v) is 15.1. The van der Waals surface area contributed by atoms with E-state index in [0.717, 1.165) is 13.1 Å². The van der Waals surface area contributed by atoms with Crippen LogP contribution in [0.15, 0.2) is 0 Å². The van der Waals surface area contributed by atoms with Crippen molar-refractivity contribution >= 4 is 18.8 Å². The number of unbranched alkanes of at least 4 members (excludes halogenated alkanes) is 1. The molecule has 0 bridgehead atoms. The lowest BCUT2D eigenvalue weighted by atomic mass is 10.1. The van der Waals surface area contributed by atoms with Crippen molar-refractivity contribution in [1.82, 2.24) is 9.13 Å². The third-order valence-electron chi connectivity index (χ3n) is 3.84. The van der Waals surface area contributed by atoms with Crippen LogP contribution in [0, 0.1) is 0 Å². The van der Waals surface area contributed by atoms with Crippen LogP contribution in [0.5, 0.6) is 0 Å². The SMILES string of the molecule is CCCC[Si]1(Cl)N(C(C)(C)C)CCN1C(C)(C)C. The topological polar surface area (TPSA) is 6.48 Å². The number of nitrogens with zero attached hydrogens (tertiary/aromatic N) is 2.